The molecule has 3 N–H and O–H groups in total. The Morgan fingerprint density at radius 3 is 2.62 bits per heavy atom. The van der Waals surface area contributed by atoms with E-state index in [9.17, 15) is 13.2 Å². The van der Waals surface area contributed by atoms with E-state index in [0.29, 0.717) is 15.6 Å². The zero-order valence-corrected chi connectivity index (χ0v) is 14.4. The first-order valence-electron chi connectivity index (χ1n) is 6.64. The first kappa shape index (κ1) is 16.6. The summed E-state index contributed by atoms with van der Waals surface area (Å²) in [5.74, 6) is 0. The van der Waals surface area contributed by atoms with Crippen molar-refractivity contribution in [2.24, 2.45) is 4.40 Å². The molecule has 2 aromatic rings. The number of amidine groups is 1. The molecule has 2 aromatic carbocycles. The van der Waals surface area contributed by atoms with Gasteiger partial charge in [-0.25, -0.2) is 10.2 Å². The molecule has 1 heterocycles. The number of hydrogen-bond acceptors (Lipinski definition) is 5. The third-order valence-electron chi connectivity index (χ3n) is 2.91. The van der Waals surface area contributed by atoms with Crippen LogP contribution in [0.4, 0.5) is 10.5 Å². The Bertz CT molecular complexity index is 917. The summed E-state index contributed by atoms with van der Waals surface area (Å²) in [6.45, 7) is 0. The number of amides is 2. The standard InChI is InChI=1S/C14H11ClN4O3S2/c15-9-6-7-12-11(8-9)23-14(19-24(12,21)22)18-17-13(20)16-10-4-2-1-3-5-10/h1-8H,(H,18,19)(H2,16,17,20). The summed E-state index contributed by atoms with van der Waals surface area (Å²) in [5, 5.41) is 3.01. The Labute approximate surface area is 147 Å². The van der Waals surface area contributed by atoms with Crippen LogP contribution in [0.1, 0.15) is 0 Å². The molecule has 0 aromatic heterocycles. The number of nitrogens with zero attached hydrogens (tertiary/aromatic N) is 1. The summed E-state index contributed by atoms with van der Waals surface area (Å²) in [4.78, 5) is 12.3. The van der Waals surface area contributed by atoms with E-state index in [0.717, 1.165) is 11.8 Å². The predicted octanol–water partition coefficient (Wildman–Crippen LogP) is 2.82. The lowest BCUT2D eigenvalue weighted by Crippen LogP contribution is -2.43. The van der Waals surface area contributed by atoms with Gasteiger partial charge in [-0.15, -0.1) is 4.40 Å². The minimum atomic E-state index is -3.84. The molecule has 0 bridgehead atoms. The number of rotatable bonds is 1. The van der Waals surface area contributed by atoms with Crippen LogP contribution >= 0.6 is 23.4 Å². The molecule has 0 saturated carbocycles. The van der Waals surface area contributed by atoms with Crippen molar-refractivity contribution in [1.29, 1.82) is 0 Å². The molecule has 0 spiro atoms. The lowest BCUT2D eigenvalue weighted by Gasteiger charge is -2.17. The zero-order chi connectivity index (χ0) is 17.2. The highest BCUT2D eigenvalue weighted by Gasteiger charge is 2.26. The van der Waals surface area contributed by atoms with Gasteiger partial charge in [-0.05, 0) is 42.1 Å². The van der Waals surface area contributed by atoms with Crippen LogP contribution in [0.15, 0.2) is 62.7 Å². The summed E-state index contributed by atoms with van der Waals surface area (Å²) < 4.78 is 27.9. The average Bonchev–Trinajstić information content (AvgIpc) is 2.53. The van der Waals surface area contributed by atoms with Crippen molar-refractivity contribution < 1.29 is 13.2 Å². The maximum absolute atomic E-state index is 12.1. The highest BCUT2D eigenvalue weighted by atomic mass is 35.5. The molecule has 0 saturated heterocycles. The van der Waals surface area contributed by atoms with Gasteiger partial charge >= 0.3 is 6.03 Å². The fourth-order valence-electron chi connectivity index (χ4n) is 1.90. The fourth-order valence-corrected chi connectivity index (χ4v) is 4.60. The Hall–Kier alpha value is -2.23. The molecular weight excluding hydrogens is 372 g/mol. The minimum absolute atomic E-state index is 0.0213. The number of halogens is 1. The van der Waals surface area contributed by atoms with Crippen molar-refractivity contribution in [1.82, 2.24) is 10.9 Å². The van der Waals surface area contributed by atoms with E-state index < -0.39 is 16.1 Å². The number of urea groups is 1. The summed E-state index contributed by atoms with van der Waals surface area (Å²) in [7, 11) is -3.84. The molecule has 1 aliphatic rings. The summed E-state index contributed by atoms with van der Waals surface area (Å²) in [5.41, 5.74) is 5.42. The quantitative estimate of drug-likeness (QED) is 0.658. The highest BCUT2D eigenvalue weighted by Crippen LogP contribution is 2.34. The molecule has 0 unspecified atom stereocenters. The summed E-state index contributed by atoms with van der Waals surface area (Å²) >= 11 is 6.94. The largest absolute Gasteiger partial charge is 0.337 e. The fraction of sp³-hybridized carbons (Fsp3) is 0. The predicted molar refractivity (Wildman–Crippen MR) is 93.7 cm³/mol. The van der Waals surface area contributed by atoms with Gasteiger partial charge in [0, 0.05) is 15.6 Å². The first-order chi connectivity index (χ1) is 11.4. The third kappa shape index (κ3) is 3.81. The molecule has 3 rings (SSSR count). The topological polar surface area (TPSA) is 99.7 Å². The molecule has 2 amide bonds. The van der Waals surface area contributed by atoms with Gasteiger partial charge in [-0.3, -0.25) is 5.43 Å². The minimum Gasteiger partial charge on any atom is -0.307 e. The Balaban J connectivity index is 1.68. The number of anilines is 1. The van der Waals surface area contributed by atoms with Crippen molar-refractivity contribution in [3.63, 3.8) is 0 Å². The molecule has 24 heavy (non-hydrogen) atoms. The number of para-hydroxylation sites is 1. The zero-order valence-electron chi connectivity index (χ0n) is 12.0. The molecule has 10 heteroatoms. The molecular formula is C14H11ClN4O3S2. The van der Waals surface area contributed by atoms with Gasteiger partial charge in [-0.1, -0.05) is 29.8 Å². The van der Waals surface area contributed by atoms with Gasteiger partial charge in [0.1, 0.15) is 4.90 Å². The van der Waals surface area contributed by atoms with Crippen molar-refractivity contribution in [3.8, 4) is 0 Å². The molecule has 0 atom stereocenters. The van der Waals surface area contributed by atoms with Gasteiger partial charge in [0.25, 0.3) is 10.0 Å². The lowest BCUT2D eigenvalue weighted by molar-refractivity contribution is 0.250. The van der Waals surface area contributed by atoms with Crippen LogP contribution in [-0.4, -0.2) is 19.6 Å². The van der Waals surface area contributed by atoms with E-state index in [2.05, 4.69) is 20.6 Å². The second-order valence-corrected chi connectivity index (χ2v) is 7.67. The Morgan fingerprint density at radius 2 is 1.88 bits per heavy atom. The number of fused-ring (bicyclic) bond motifs is 1. The van der Waals surface area contributed by atoms with Crippen LogP contribution in [0.3, 0.4) is 0 Å². The number of hydrogen-bond donors (Lipinski definition) is 3. The van der Waals surface area contributed by atoms with Gasteiger partial charge < -0.3 is 5.32 Å². The van der Waals surface area contributed by atoms with Gasteiger partial charge in [-0.2, -0.15) is 8.42 Å². The number of sulfonamides is 1. The van der Waals surface area contributed by atoms with E-state index in [1.54, 1.807) is 24.3 Å². The Kier molecular flexibility index (Phi) is 4.65. The van der Waals surface area contributed by atoms with E-state index >= 15 is 0 Å². The van der Waals surface area contributed by atoms with Crippen LogP contribution < -0.4 is 16.2 Å². The summed E-state index contributed by atoms with van der Waals surface area (Å²) in [6, 6.07) is 12.7. The second kappa shape index (κ2) is 6.71. The van der Waals surface area contributed by atoms with Crippen LogP contribution in [0.2, 0.25) is 5.02 Å². The molecule has 1 aliphatic heterocycles. The maximum Gasteiger partial charge on any atom is 0.337 e. The number of benzene rings is 2. The highest BCUT2D eigenvalue weighted by molar-refractivity contribution is 8.15. The SMILES string of the molecule is O=C(NNC1=NS(=O)(=O)c2ccc(Cl)cc2S1)Nc1ccccc1. The van der Waals surface area contributed by atoms with Gasteiger partial charge in [0.2, 0.25) is 0 Å². The Morgan fingerprint density at radius 1 is 1.12 bits per heavy atom. The van der Waals surface area contributed by atoms with E-state index in [1.165, 1.54) is 18.2 Å². The number of nitrogens with one attached hydrogen (secondary N) is 3. The number of carbonyl (C=O) groups is 1. The maximum atomic E-state index is 12.1. The van der Waals surface area contributed by atoms with Crippen LogP contribution in [0, 0.1) is 0 Å². The average molecular weight is 383 g/mol. The molecule has 0 radical (unpaired) electrons. The molecule has 124 valence electrons. The van der Waals surface area contributed by atoms with E-state index in [4.69, 9.17) is 11.6 Å². The third-order valence-corrected chi connectivity index (χ3v) is 5.67. The van der Waals surface area contributed by atoms with Crippen molar-refractivity contribution >= 4 is 50.3 Å². The number of carbonyl (C=O) groups excluding carboxylic acids is 1. The number of hydrazine groups is 1. The second-order valence-electron chi connectivity index (χ2n) is 4.63. The van der Waals surface area contributed by atoms with E-state index in [-0.39, 0.29) is 10.1 Å². The normalized spacial score (nSPS) is 15.0. The van der Waals surface area contributed by atoms with Crippen molar-refractivity contribution in [2.75, 3.05) is 5.32 Å². The lowest BCUT2D eigenvalue weighted by atomic mass is 10.3. The molecule has 0 aliphatic carbocycles. The van der Waals surface area contributed by atoms with Crippen LogP contribution in [0.5, 0.6) is 0 Å². The number of thioether (sulfide) groups is 1. The first-order valence-corrected chi connectivity index (χ1v) is 9.28. The van der Waals surface area contributed by atoms with Crippen LogP contribution in [-0.2, 0) is 10.0 Å². The van der Waals surface area contributed by atoms with Crippen molar-refractivity contribution in [2.45, 2.75) is 9.79 Å². The summed E-state index contributed by atoms with van der Waals surface area (Å²) in [6.07, 6.45) is 0. The monoisotopic (exact) mass is 382 g/mol. The van der Waals surface area contributed by atoms with Gasteiger partial charge in [0.15, 0.2) is 5.17 Å². The molecule has 7 nitrogen and oxygen atoms in total. The smallest absolute Gasteiger partial charge is 0.307 e. The van der Waals surface area contributed by atoms with Crippen LogP contribution in [0.25, 0.3) is 0 Å². The van der Waals surface area contributed by atoms with Crippen molar-refractivity contribution in [3.05, 3.63) is 53.6 Å². The van der Waals surface area contributed by atoms with Gasteiger partial charge in [0.05, 0.1) is 0 Å². The van der Waals surface area contributed by atoms with E-state index in [1.807, 2.05) is 6.07 Å². The molecule has 0 fully saturated rings.